The van der Waals surface area contributed by atoms with Gasteiger partial charge in [-0.2, -0.15) is 5.10 Å². The average molecular weight is 261 g/mol. The second kappa shape index (κ2) is 5.05. The van der Waals surface area contributed by atoms with Crippen LogP contribution in [0.2, 0.25) is 0 Å². The van der Waals surface area contributed by atoms with Gasteiger partial charge in [0.05, 0.1) is 24.8 Å². The number of aryl methyl sites for hydroxylation is 1. The van der Waals surface area contributed by atoms with E-state index in [4.69, 9.17) is 9.88 Å². The van der Waals surface area contributed by atoms with E-state index in [9.17, 15) is 8.42 Å². The van der Waals surface area contributed by atoms with Crippen molar-refractivity contribution in [1.29, 1.82) is 0 Å². The standard InChI is InChI=1S/C10H19N3O3S/c1-4-13-6-9(5-12-13)16-7-10(2,3)8-17(11,14)15/h5-6H,4,7-8H2,1-3H3,(H2,11,14,15). The van der Waals surface area contributed by atoms with E-state index in [-0.39, 0.29) is 12.4 Å². The van der Waals surface area contributed by atoms with Gasteiger partial charge in [0.15, 0.2) is 5.75 Å². The number of sulfonamides is 1. The van der Waals surface area contributed by atoms with E-state index in [1.54, 1.807) is 30.9 Å². The van der Waals surface area contributed by atoms with Gasteiger partial charge in [0.2, 0.25) is 10.0 Å². The molecule has 0 bridgehead atoms. The molecule has 0 amide bonds. The van der Waals surface area contributed by atoms with Crippen LogP contribution in [0.1, 0.15) is 20.8 Å². The molecule has 0 aliphatic heterocycles. The first-order valence-electron chi connectivity index (χ1n) is 5.37. The van der Waals surface area contributed by atoms with E-state index in [0.29, 0.717) is 5.75 Å². The van der Waals surface area contributed by atoms with Crippen LogP contribution >= 0.6 is 0 Å². The topological polar surface area (TPSA) is 87.2 Å². The van der Waals surface area contributed by atoms with Crippen LogP contribution in [0.25, 0.3) is 0 Å². The Hall–Kier alpha value is -1.08. The van der Waals surface area contributed by atoms with Crippen LogP contribution < -0.4 is 9.88 Å². The van der Waals surface area contributed by atoms with Crippen molar-refractivity contribution in [3.05, 3.63) is 12.4 Å². The highest BCUT2D eigenvalue weighted by molar-refractivity contribution is 7.89. The molecule has 17 heavy (non-hydrogen) atoms. The number of primary sulfonamides is 1. The maximum Gasteiger partial charge on any atom is 0.209 e. The van der Waals surface area contributed by atoms with E-state index in [1.807, 2.05) is 6.92 Å². The number of nitrogens with zero attached hydrogens (tertiary/aromatic N) is 2. The molecule has 2 N–H and O–H groups in total. The second-order valence-corrected chi connectivity index (χ2v) is 6.41. The van der Waals surface area contributed by atoms with E-state index in [1.165, 1.54) is 0 Å². The van der Waals surface area contributed by atoms with Gasteiger partial charge in [-0.3, -0.25) is 4.68 Å². The summed E-state index contributed by atoms with van der Waals surface area (Å²) in [5, 5.41) is 9.08. The molecule has 0 aliphatic rings. The molecule has 0 saturated heterocycles. The SMILES string of the molecule is CCn1cc(OCC(C)(C)CS(N)(=O)=O)cn1. The monoisotopic (exact) mass is 261 g/mol. The van der Waals surface area contributed by atoms with E-state index in [2.05, 4.69) is 5.10 Å². The molecule has 1 aromatic rings. The van der Waals surface area contributed by atoms with E-state index >= 15 is 0 Å². The molecule has 0 radical (unpaired) electrons. The Labute approximate surface area is 102 Å². The highest BCUT2D eigenvalue weighted by Gasteiger charge is 2.25. The van der Waals surface area contributed by atoms with Crippen molar-refractivity contribution in [2.24, 2.45) is 10.6 Å². The maximum absolute atomic E-state index is 11.0. The summed E-state index contributed by atoms with van der Waals surface area (Å²) in [5.74, 6) is 0.524. The van der Waals surface area contributed by atoms with Gasteiger partial charge in [0.1, 0.15) is 0 Å². The van der Waals surface area contributed by atoms with Crippen molar-refractivity contribution < 1.29 is 13.2 Å². The summed E-state index contributed by atoms with van der Waals surface area (Å²) >= 11 is 0. The van der Waals surface area contributed by atoms with Gasteiger partial charge >= 0.3 is 0 Å². The molecule has 0 aromatic carbocycles. The summed E-state index contributed by atoms with van der Waals surface area (Å²) in [7, 11) is -3.49. The first kappa shape index (κ1) is 14.0. The quantitative estimate of drug-likeness (QED) is 0.812. The first-order valence-corrected chi connectivity index (χ1v) is 7.09. The summed E-state index contributed by atoms with van der Waals surface area (Å²) in [6.07, 6.45) is 3.38. The Morgan fingerprint density at radius 1 is 1.53 bits per heavy atom. The average Bonchev–Trinajstić information content (AvgIpc) is 2.58. The highest BCUT2D eigenvalue weighted by atomic mass is 32.2. The van der Waals surface area contributed by atoms with Crippen LogP contribution in [-0.2, 0) is 16.6 Å². The van der Waals surface area contributed by atoms with Gasteiger partial charge < -0.3 is 4.74 Å². The Morgan fingerprint density at radius 2 is 2.18 bits per heavy atom. The molecular weight excluding hydrogens is 242 g/mol. The number of hydrogen-bond donors (Lipinski definition) is 1. The normalized spacial score (nSPS) is 12.7. The van der Waals surface area contributed by atoms with Crippen molar-refractivity contribution >= 4 is 10.0 Å². The molecule has 7 heteroatoms. The molecule has 0 unspecified atom stereocenters. The number of hydrogen-bond acceptors (Lipinski definition) is 4. The zero-order chi connectivity index (χ0) is 13.1. The lowest BCUT2D eigenvalue weighted by molar-refractivity contribution is 0.199. The third kappa shape index (κ3) is 5.18. The largest absolute Gasteiger partial charge is 0.490 e. The van der Waals surface area contributed by atoms with Crippen LogP contribution in [0.5, 0.6) is 5.75 Å². The molecule has 0 aliphatic carbocycles. The fourth-order valence-electron chi connectivity index (χ4n) is 1.46. The Bertz CT molecular complexity index is 465. The number of nitrogens with two attached hydrogens (primary N) is 1. The van der Waals surface area contributed by atoms with Crippen LogP contribution in [0, 0.1) is 5.41 Å². The minimum atomic E-state index is -3.49. The first-order chi connectivity index (χ1) is 7.72. The van der Waals surface area contributed by atoms with Crippen LogP contribution in [0.15, 0.2) is 12.4 Å². The second-order valence-electron chi connectivity index (χ2n) is 4.79. The summed E-state index contributed by atoms with van der Waals surface area (Å²) in [5.41, 5.74) is -0.526. The number of aromatic nitrogens is 2. The van der Waals surface area contributed by atoms with Crippen molar-refractivity contribution in [3.63, 3.8) is 0 Å². The smallest absolute Gasteiger partial charge is 0.209 e. The molecule has 0 atom stereocenters. The fourth-order valence-corrected chi connectivity index (χ4v) is 2.63. The van der Waals surface area contributed by atoms with Crippen molar-refractivity contribution in [3.8, 4) is 5.75 Å². The molecule has 1 aromatic heterocycles. The maximum atomic E-state index is 11.0. The molecule has 98 valence electrons. The van der Waals surface area contributed by atoms with Crippen LogP contribution in [0.3, 0.4) is 0 Å². The van der Waals surface area contributed by atoms with Gasteiger partial charge in [-0.15, -0.1) is 0 Å². The number of rotatable bonds is 6. The van der Waals surface area contributed by atoms with Gasteiger partial charge in [-0.1, -0.05) is 13.8 Å². The molecule has 1 rings (SSSR count). The summed E-state index contributed by atoms with van der Waals surface area (Å²) in [6.45, 7) is 6.60. The lowest BCUT2D eigenvalue weighted by atomic mass is 9.98. The van der Waals surface area contributed by atoms with Crippen LogP contribution in [-0.4, -0.2) is 30.6 Å². The Morgan fingerprint density at radius 3 is 2.65 bits per heavy atom. The summed E-state index contributed by atoms with van der Waals surface area (Å²) in [6, 6.07) is 0. The van der Waals surface area contributed by atoms with E-state index in [0.717, 1.165) is 6.54 Å². The highest BCUT2D eigenvalue weighted by Crippen LogP contribution is 2.19. The lowest BCUT2D eigenvalue weighted by Crippen LogP contribution is -2.33. The molecule has 0 spiro atoms. The zero-order valence-corrected chi connectivity index (χ0v) is 11.2. The molecule has 6 nitrogen and oxygen atoms in total. The van der Waals surface area contributed by atoms with Crippen molar-refractivity contribution in [2.45, 2.75) is 27.3 Å². The summed E-state index contributed by atoms with van der Waals surface area (Å²) < 4.78 is 29.3. The third-order valence-corrected chi connectivity index (χ3v) is 3.34. The van der Waals surface area contributed by atoms with Crippen LogP contribution in [0.4, 0.5) is 0 Å². The molecule has 1 heterocycles. The van der Waals surface area contributed by atoms with Gasteiger partial charge in [0, 0.05) is 12.0 Å². The molecule has 0 fully saturated rings. The van der Waals surface area contributed by atoms with E-state index < -0.39 is 15.4 Å². The molecular formula is C10H19N3O3S. The predicted octanol–water partition coefficient (Wildman–Crippen LogP) is 0.596. The van der Waals surface area contributed by atoms with Crippen molar-refractivity contribution in [2.75, 3.05) is 12.4 Å². The Kier molecular flexibility index (Phi) is 4.16. The van der Waals surface area contributed by atoms with Gasteiger partial charge in [-0.05, 0) is 6.92 Å². The number of ether oxygens (including phenoxy) is 1. The van der Waals surface area contributed by atoms with Gasteiger partial charge in [-0.25, -0.2) is 13.6 Å². The molecule has 0 saturated carbocycles. The fraction of sp³-hybridized carbons (Fsp3) is 0.700. The Balaban J connectivity index is 2.54. The minimum absolute atomic E-state index is 0.109. The van der Waals surface area contributed by atoms with Crippen molar-refractivity contribution in [1.82, 2.24) is 9.78 Å². The zero-order valence-electron chi connectivity index (χ0n) is 10.4. The van der Waals surface area contributed by atoms with Gasteiger partial charge in [0.25, 0.3) is 0 Å². The predicted molar refractivity (Wildman–Crippen MR) is 65.2 cm³/mol. The third-order valence-electron chi connectivity index (χ3n) is 2.16. The lowest BCUT2D eigenvalue weighted by Gasteiger charge is -2.22. The minimum Gasteiger partial charge on any atom is -0.490 e. The summed E-state index contributed by atoms with van der Waals surface area (Å²) in [4.78, 5) is 0.